The lowest BCUT2D eigenvalue weighted by Crippen LogP contribution is -2.47. The largest absolute Gasteiger partial charge is 0.356 e. The van der Waals surface area contributed by atoms with Gasteiger partial charge in [0.15, 0.2) is 0 Å². The molecule has 18 heavy (non-hydrogen) atoms. The van der Waals surface area contributed by atoms with Crippen LogP contribution in [0.5, 0.6) is 0 Å². The van der Waals surface area contributed by atoms with Crippen LogP contribution in [0.2, 0.25) is 0 Å². The van der Waals surface area contributed by atoms with Crippen molar-refractivity contribution < 1.29 is 5.11 Å². The Morgan fingerprint density at radius 2 is 1.78 bits per heavy atom. The van der Waals surface area contributed by atoms with Crippen molar-refractivity contribution in [2.24, 2.45) is 0 Å². The summed E-state index contributed by atoms with van der Waals surface area (Å²) in [6.45, 7) is 2.07. The summed E-state index contributed by atoms with van der Waals surface area (Å²) < 4.78 is 0. The summed E-state index contributed by atoms with van der Waals surface area (Å²) in [6.07, 6.45) is 5.57. The fourth-order valence-corrected chi connectivity index (χ4v) is 2.68. The predicted molar refractivity (Wildman–Crippen MR) is 71.8 cm³/mol. The maximum absolute atomic E-state index is 10.4. The number of anilines is 1. The third-order valence-corrected chi connectivity index (χ3v) is 3.70. The van der Waals surface area contributed by atoms with E-state index in [9.17, 15) is 5.11 Å². The summed E-state index contributed by atoms with van der Waals surface area (Å²) in [5.41, 5.74) is 1.03. The van der Waals surface area contributed by atoms with E-state index in [1.165, 1.54) is 0 Å². The van der Waals surface area contributed by atoms with Crippen LogP contribution in [0.3, 0.4) is 0 Å². The standard InChI is InChI=1S/C14H19N3O/c18-14-16(12-4-2-1-3-5-12)10-11-17(14)13-6-8-15-9-7-13/h1-5,10-11,13-15,18H,6-9H2. The summed E-state index contributed by atoms with van der Waals surface area (Å²) in [7, 11) is 0. The molecule has 1 unspecified atom stereocenters. The second-order valence-corrected chi connectivity index (χ2v) is 4.82. The van der Waals surface area contributed by atoms with Crippen molar-refractivity contribution in [2.75, 3.05) is 18.0 Å². The van der Waals surface area contributed by atoms with Crippen LogP contribution in [-0.2, 0) is 0 Å². The number of aliphatic hydroxyl groups is 1. The minimum absolute atomic E-state index is 0.436. The van der Waals surface area contributed by atoms with E-state index in [1.807, 2.05) is 47.6 Å². The highest BCUT2D eigenvalue weighted by Crippen LogP contribution is 2.26. The number of nitrogens with one attached hydrogen (secondary N) is 1. The van der Waals surface area contributed by atoms with E-state index in [4.69, 9.17) is 0 Å². The smallest absolute Gasteiger partial charge is 0.211 e. The van der Waals surface area contributed by atoms with Crippen molar-refractivity contribution in [3.05, 3.63) is 42.7 Å². The van der Waals surface area contributed by atoms with Crippen LogP contribution in [0.1, 0.15) is 12.8 Å². The van der Waals surface area contributed by atoms with Crippen LogP contribution in [0.15, 0.2) is 42.7 Å². The SMILES string of the molecule is OC1N(c2ccccc2)C=CN1C1CCNCC1. The Hall–Kier alpha value is -1.52. The van der Waals surface area contributed by atoms with Crippen LogP contribution in [0, 0.1) is 0 Å². The highest BCUT2D eigenvalue weighted by Gasteiger charge is 2.31. The van der Waals surface area contributed by atoms with Crippen molar-refractivity contribution in [3.63, 3.8) is 0 Å². The summed E-state index contributed by atoms with van der Waals surface area (Å²) in [4.78, 5) is 3.97. The van der Waals surface area contributed by atoms with Gasteiger partial charge in [0.05, 0.1) is 0 Å². The van der Waals surface area contributed by atoms with Gasteiger partial charge in [0.25, 0.3) is 0 Å². The monoisotopic (exact) mass is 245 g/mol. The average Bonchev–Trinajstić information content (AvgIpc) is 2.83. The van der Waals surface area contributed by atoms with Crippen molar-refractivity contribution in [2.45, 2.75) is 25.2 Å². The first-order valence-electron chi connectivity index (χ1n) is 6.54. The summed E-state index contributed by atoms with van der Waals surface area (Å²) in [6, 6.07) is 10.4. The van der Waals surface area contributed by atoms with E-state index < -0.39 is 6.35 Å². The molecule has 2 N–H and O–H groups in total. The molecule has 0 aliphatic carbocycles. The number of para-hydroxylation sites is 1. The van der Waals surface area contributed by atoms with Crippen molar-refractivity contribution in [3.8, 4) is 0 Å². The first-order valence-corrected chi connectivity index (χ1v) is 6.54. The molecule has 2 aliphatic rings. The van der Waals surface area contributed by atoms with Gasteiger partial charge in [-0.3, -0.25) is 0 Å². The fourth-order valence-electron chi connectivity index (χ4n) is 2.68. The molecule has 1 aromatic carbocycles. The third kappa shape index (κ3) is 2.09. The molecule has 2 heterocycles. The van der Waals surface area contributed by atoms with E-state index in [-0.39, 0.29) is 0 Å². The second-order valence-electron chi connectivity index (χ2n) is 4.82. The highest BCUT2D eigenvalue weighted by atomic mass is 16.3. The average molecular weight is 245 g/mol. The Morgan fingerprint density at radius 1 is 1.06 bits per heavy atom. The van der Waals surface area contributed by atoms with Gasteiger partial charge in [0.1, 0.15) is 0 Å². The molecule has 0 radical (unpaired) electrons. The van der Waals surface area contributed by atoms with E-state index in [1.54, 1.807) is 0 Å². The number of nitrogens with zero attached hydrogens (tertiary/aromatic N) is 2. The molecule has 96 valence electrons. The lowest BCUT2D eigenvalue weighted by Gasteiger charge is -2.36. The summed E-state index contributed by atoms with van der Waals surface area (Å²) in [5, 5.41) is 13.8. The summed E-state index contributed by atoms with van der Waals surface area (Å²) >= 11 is 0. The molecule has 0 bridgehead atoms. The van der Waals surface area contributed by atoms with Gasteiger partial charge in [-0.25, -0.2) is 0 Å². The fraction of sp³-hybridized carbons (Fsp3) is 0.429. The molecule has 1 atom stereocenters. The van der Waals surface area contributed by atoms with Gasteiger partial charge in [0, 0.05) is 24.1 Å². The van der Waals surface area contributed by atoms with Crippen molar-refractivity contribution in [1.82, 2.24) is 10.2 Å². The normalized spacial score (nSPS) is 24.8. The Bertz CT molecular complexity index is 414. The number of hydrogen-bond acceptors (Lipinski definition) is 4. The lowest BCUT2D eigenvalue weighted by atomic mass is 10.1. The van der Waals surface area contributed by atoms with E-state index in [2.05, 4.69) is 10.2 Å². The highest BCUT2D eigenvalue weighted by molar-refractivity contribution is 5.50. The maximum Gasteiger partial charge on any atom is 0.211 e. The second kappa shape index (κ2) is 5.00. The predicted octanol–water partition coefficient (Wildman–Crippen LogP) is 1.31. The quantitative estimate of drug-likeness (QED) is 0.824. The Labute approximate surface area is 108 Å². The molecule has 3 rings (SSSR count). The molecule has 0 saturated carbocycles. The molecule has 2 aliphatic heterocycles. The molecule has 4 nitrogen and oxygen atoms in total. The van der Waals surface area contributed by atoms with Gasteiger partial charge in [-0.05, 0) is 38.1 Å². The van der Waals surface area contributed by atoms with Crippen LogP contribution < -0.4 is 10.2 Å². The van der Waals surface area contributed by atoms with Crippen LogP contribution in [0.4, 0.5) is 5.69 Å². The van der Waals surface area contributed by atoms with Gasteiger partial charge in [0.2, 0.25) is 6.35 Å². The topological polar surface area (TPSA) is 38.7 Å². The van der Waals surface area contributed by atoms with Gasteiger partial charge >= 0.3 is 0 Å². The van der Waals surface area contributed by atoms with E-state index in [0.717, 1.165) is 31.6 Å². The van der Waals surface area contributed by atoms with Crippen LogP contribution in [0.25, 0.3) is 0 Å². The molecule has 1 saturated heterocycles. The van der Waals surface area contributed by atoms with Gasteiger partial charge in [-0.15, -0.1) is 0 Å². The van der Waals surface area contributed by atoms with Gasteiger partial charge in [-0.2, -0.15) is 0 Å². The number of aliphatic hydroxyl groups excluding tert-OH is 1. The van der Waals surface area contributed by atoms with Gasteiger partial charge < -0.3 is 20.2 Å². The molecule has 1 aromatic rings. The number of piperidine rings is 1. The molecule has 0 amide bonds. The molecule has 0 spiro atoms. The van der Waals surface area contributed by atoms with Crippen LogP contribution in [-0.4, -0.2) is 35.5 Å². The molecular weight excluding hydrogens is 226 g/mol. The van der Waals surface area contributed by atoms with E-state index in [0.29, 0.717) is 6.04 Å². The summed E-state index contributed by atoms with van der Waals surface area (Å²) in [5.74, 6) is 0. The van der Waals surface area contributed by atoms with Crippen molar-refractivity contribution >= 4 is 5.69 Å². The van der Waals surface area contributed by atoms with Gasteiger partial charge in [-0.1, -0.05) is 18.2 Å². The minimum Gasteiger partial charge on any atom is -0.356 e. The number of rotatable bonds is 2. The van der Waals surface area contributed by atoms with Crippen LogP contribution >= 0.6 is 0 Å². The zero-order valence-electron chi connectivity index (χ0n) is 10.4. The third-order valence-electron chi connectivity index (χ3n) is 3.70. The lowest BCUT2D eigenvalue weighted by molar-refractivity contribution is 0.0190. The Morgan fingerprint density at radius 3 is 2.50 bits per heavy atom. The zero-order valence-corrected chi connectivity index (χ0v) is 10.4. The first kappa shape index (κ1) is 11.6. The van der Waals surface area contributed by atoms with Crippen molar-refractivity contribution in [1.29, 1.82) is 0 Å². The van der Waals surface area contributed by atoms with E-state index >= 15 is 0 Å². The number of benzene rings is 1. The minimum atomic E-state index is -0.574. The zero-order chi connectivity index (χ0) is 12.4. The Kier molecular flexibility index (Phi) is 3.21. The maximum atomic E-state index is 10.4. The molecule has 4 heteroatoms. The number of hydrogen-bond donors (Lipinski definition) is 2. The molecule has 0 aromatic heterocycles. The first-order chi connectivity index (χ1) is 8.86. The Balaban J connectivity index is 1.73. The molecular formula is C14H19N3O. The molecule has 1 fully saturated rings.